The quantitative estimate of drug-likeness (QED) is 0.825. The summed E-state index contributed by atoms with van der Waals surface area (Å²) in [6, 6.07) is 3.83. The molecule has 0 saturated heterocycles. The van der Waals surface area contributed by atoms with Crippen molar-refractivity contribution in [1.29, 1.82) is 0 Å². The topological polar surface area (TPSA) is 87.2 Å². The third-order valence-electron chi connectivity index (χ3n) is 4.06. The second-order valence-electron chi connectivity index (χ2n) is 5.93. The molecule has 0 unspecified atom stereocenters. The maximum Gasteiger partial charge on any atom is 0.305 e. The Hall–Kier alpha value is -2.63. The molecular weight excluding hydrogens is 306 g/mol. The average Bonchev–Trinajstić information content (AvgIpc) is 2.85. The highest BCUT2D eigenvalue weighted by molar-refractivity contribution is 6.02. The van der Waals surface area contributed by atoms with E-state index in [4.69, 9.17) is 10.5 Å². The van der Waals surface area contributed by atoms with Crippen molar-refractivity contribution in [3.63, 3.8) is 0 Å². The maximum atomic E-state index is 12.1. The molecule has 0 radical (unpaired) electrons. The number of ether oxygens (including phenoxy) is 1. The number of hydrogen-bond acceptors (Lipinski definition) is 4. The van der Waals surface area contributed by atoms with E-state index < -0.39 is 5.91 Å². The fourth-order valence-electron chi connectivity index (χ4n) is 3.16. The minimum atomic E-state index is -0.481. The number of amides is 1. The van der Waals surface area contributed by atoms with Gasteiger partial charge in [-0.25, -0.2) is 0 Å². The van der Waals surface area contributed by atoms with E-state index in [1.807, 2.05) is 32.9 Å². The average molecular weight is 329 g/mol. The number of rotatable bonds is 6. The number of carbonyl (C=O) groups is 2. The first kappa shape index (κ1) is 17.7. The molecule has 2 heterocycles. The zero-order chi connectivity index (χ0) is 17.9. The van der Waals surface area contributed by atoms with Gasteiger partial charge in [0.1, 0.15) is 0 Å². The number of primary amides is 1. The summed E-state index contributed by atoms with van der Waals surface area (Å²) in [5, 5.41) is 0. The van der Waals surface area contributed by atoms with Crippen LogP contribution < -0.4 is 5.73 Å². The third-order valence-corrected chi connectivity index (χ3v) is 4.06. The second-order valence-corrected chi connectivity index (χ2v) is 5.93. The van der Waals surface area contributed by atoms with Gasteiger partial charge in [0.05, 0.1) is 19.1 Å². The van der Waals surface area contributed by atoms with Gasteiger partial charge in [-0.1, -0.05) is 6.07 Å². The van der Waals surface area contributed by atoms with Gasteiger partial charge in [-0.05, 0) is 33.3 Å². The van der Waals surface area contributed by atoms with Crippen LogP contribution in [0.5, 0.6) is 0 Å². The van der Waals surface area contributed by atoms with Gasteiger partial charge < -0.3 is 15.0 Å². The molecule has 0 aromatic carbocycles. The molecule has 24 heavy (non-hydrogen) atoms. The van der Waals surface area contributed by atoms with Crippen molar-refractivity contribution in [3.05, 3.63) is 41.5 Å². The summed E-state index contributed by atoms with van der Waals surface area (Å²) in [5.41, 5.74) is 9.40. The van der Waals surface area contributed by atoms with Crippen molar-refractivity contribution in [2.45, 2.75) is 39.7 Å². The Morgan fingerprint density at radius 3 is 2.58 bits per heavy atom. The van der Waals surface area contributed by atoms with Crippen molar-refractivity contribution in [2.24, 2.45) is 5.73 Å². The first-order chi connectivity index (χ1) is 11.4. The highest BCUT2D eigenvalue weighted by Gasteiger charge is 2.26. The van der Waals surface area contributed by atoms with Crippen LogP contribution in [0.2, 0.25) is 0 Å². The zero-order valence-electron chi connectivity index (χ0n) is 14.5. The lowest BCUT2D eigenvalue weighted by Gasteiger charge is -2.16. The van der Waals surface area contributed by atoms with E-state index in [1.54, 1.807) is 12.4 Å². The molecule has 0 aliphatic heterocycles. The van der Waals surface area contributed by atoms with Crippen molar-refractivity contribution < 1.29 is 14.3 Å². The largest absolute Gasteiger partial charge is 0.469 e. The first-order valence-corrected chi connectivity index (χ1v) is 7.89. The summed E-state index contributed by atoms with van der Waals surface area (Å²) in [5.74, 6) is -0.771. The molecule has 0 saturated carbocycles. The van der Waals surface area contributed by atoms with Gasteiger partial charge in [0.25, 0.3) is 5.91 Å². The fraction of sp³-hybridized carbons (Fsp3) is 0.389. The van der Waals surface area contributed by atoms with Gasteiger partial charge in [-0.3, -0.25) is 14.6 Å². The SMILES string of the molecule is COC(=O)CCc1c(-c2cccnc2)c(C(N)=O)c(C)n1C(C)C. The standard InChI is InChI=1S/C18H23N3O3/c1-11(2)21-12(3)16(18(19)23)17(13-6-5-9-20-10-13)14(21)7-8-15(22)24-4/h5-6,9-11H,7-8H2,1-4H3,(H2,19,23). The lowest BCUT2D eigenvalue weighted by atomic mass is 9.99. The summed E-state index contributed by atoms with van der Waals surface area (Å²) >= 11 is 0. The Balaban J connectivity index is 2.70. The van der Waals surface area contributed by atoms with Crippen LogP contribution in [-0.2, 0) is 16.0 Å². The van der Waals surface area contributed by atoms with Crippen molar-refractivity contribution in [3.8, 4) is 11.1 Å². The molecule has 0 bridgehead atoms. The summed E-state index contributed by atoms with van der Waals surface area (Å²) in [6.07, 6.45) is 4.07. The zero-order valence-corrected chi connectivity index (χ0v) is 14.5. The highest BCUT2D eigenvalue weighted by Crippen LogP contribution is 2.35. The predicted octanol–water partition coefficient (Wildman–Crippen LogP) is 2.64. The number of aromatic nitrogens is 2. The fourth-order valence-corrected chi connectivity index (χ4v) is 3.16. The van der Waals surface area contributed by atoms with Crippen LogP contribution in [0.3, 0.4) is 0 Å². The van der Waals surface area contributed by atoms with E-state index in [2.05, 4.69) is 9.55 Å². The van der Waals surface area contributed by atoms with Crippen LogP contribution in [-0.4, -0.2) is 28.5 Å². The van der Waals surface area contributed by atoms with Crippen LogP contribution in [0.15, 0.2) is 24.5 Å². The number of hydrogen-bond donors (Lipinski definition) is 1. The van der Waals surface area contributed by atoms with Crippen LogP contribution in [0.1, 0.15) is 48.1 Å². The Morgan fingerprint density at radius 1 is 1.38 bits per heavy atom. The van der Waals surface area contributed by atoms with E-state index in [9.17, 15) is 9.59 Å². The van der Waals surface area contributed by atoms with Gasteiger partial charge >= 0.3 is 5.97 Å². The molecule has 1 amide bonds. The van der Waals surface area contributed by atoms with Crippen molar-refractivity contribution in [1.82, 2.24) is 9.55 Å². The molecule has 2 rings (SSSR count). The molecule has 0 aliphatic carbocycles. The Kier molecular flexibility index (Phi) is 5.39. The summed E-state index contributed by atoms with van der Waals surface area (Å²) < 4.78 is 6.81. The Bertz CT molecular complexity index is 749. The smallest absolute Gasteiger partial charge is 0.305 e. The molecule has 6 heteroatoms. The molecule has 0 atom stereocenters. The van der Waals surface area contributed by atoms with E-state index >= 15 is 0 Å². The van der Waals surface area contributed by atoms with Gasteiger partial charge in [0.15, 0.2) is 0 Å². The summed E-state index contributed by atoms with van der Waals surface area (Å²) in [6.45, 7) is 5.94. The molecule has 2 aromatic heterocycles. The number of nitrogens with zero attached hydrogens (tertiary/aromatic N) is 2. The molecule has 128 valence electrons. The number of esters is 1. The Labute approximate surface area is 141 Å². The molecule has 0 fully saturated rings. The maximum absolute atomic E-state index is 12.1. The lowest BCUT2D eigenvalue weighted by molar-refractivity contribution is -0.140. The van der Waals surface area contributed by atoms with Crippen LogP contribution in [0.25, 0.3) is 11.1 Å². The van der Waals surface area contributed by atoms with E-state index in [1.165, 1.54) is 7.11 Å². The van der Waals surface area contributed by atoms with Gasteiger partial charge in [0, 0.05) is 41.0 Å². The summed E-state index contributed by atoms with van der Waals surface area (Å²) in [4.78, 5) is 27.8. The first-order valence-electron chi connectivity index (χ1n) is 7.89. The molecule has 2 N–H and O–H groups in total. The lowest BCUT2D eigenvalue weighted by Crippen LogP contribution is -2.14. The van der Waals surface area contributed by atoms with Gasteiger partial charge in [0.2, 0.25) is 0 Å². The normalized spacial score (nSPS) is 10.9. The monoisotopic (exact) mass is 329 g/mol. The summed E-state index contributed by atoms with van der Waals surface area (Å²) in [7, 11) is 1.37. The molecule has 6 nitrogen and oxygen atoms in total. The van der Waals surface area contributed by atoms with Gasteiger partial charge in [-0.2, -0.15) is 0 Å². The van der Waals surface area contributed by atoms with Crippen molar-refractivity contribution >= 4 is 11.9 Å². The van der Waals surface area contributed by atoms with E-state index in [-0.39, 0.29) is 18.4 Å². The van der Waals surface area contributed by atoms with Crippen molar-refractivity contribution in [2.75, 3.05) is 7.11 Å². The number of methoxy groups -OCH3 is 1. The number of pyridine rings is 1. The number of nitrogens with two attached hydrogens (primary N) is 1. The second kappa shape index (κ2) is 7.29. The molecule has 2 aromatic rings. The Morgan fingerprint density at radius 2 is 2.08 bits per heavy atom. The van der Waals surface area contributed by atoms with Gasteiger partial charge in [-0.15, -0.1) is 0 Å². The molecule has 0 aliphatic rings. The minimum absolute atomic E-state index is 0.126. The van der Waals surface area contributed by atoms with Crippen LogP contribution >= 0.6 is 0 Å². The van der Waals surface area contributed by atoms with E-state index in [0.717, 1.165) is 22.5 Å². The third kappa shape index (κ3) is 3.32. The van der Waals surface area contributed by atoms with Crippen LogP contribution in [0.4, 0.5) is 0 Å². The van der Waals surface area contributed by atoms with Crippen LogP contribution in [0, 0.1) is 6.92 Å². The van der Waals surface area contributed by atoms with E-state index in [0.29, 0.717) is 12.0 Å². The number of carbonyl (C=O) groups excluding carboxylic acids is 2. The molecular formula is C18H23N3O3. The molecule has 0 spiro atoms. The highest BCUT2D eigenvalue weighted by atomic mass is 16.5. The minimum Gasteiger partial charge on any atom is -0.469 e. The predicted molar refractivity (Wildman–Crippen MR) is 91.6 cm³/mol.